The van der Waals surface area contributed by atoms with Crippen LogP contribution in [0.1, 0.15) is 20.3 Å². The van der Waals surface area contributed by atoms with Gasteiger partial charge in [-0.15, -0.1) is 0 Å². The Balaban J connectivity index is 2.83. The van der Waals surface area contributed by atoms with Crippen molar-refractivity contribution in [3.8, 4) is 0 Å². The van der Waals surface area contributed by atoms with Crippen LogP contribution in [-0.2, 0) is 9.59 Å². The van der Waals surface area contributed by atoms with Gasteiger partial charge < -0.3 is 11.1 Å². The predicted octanol–water partition coefficient (Wildman–Crippen LogP) is -0.562. The summed E-state index contributed by atoms with van der Waals surface area (Å²) in [6.45, 7) is 3.74. The number of hydrogen-bond acceptors (Lipinski definition) is 3. The van der Waals surface area contributed by atoms with Gasteiger partial charge in [-0.25, -0.2) is 4.79 Å². The number of hydrogen-bond donors (Lipinski definition) is 2. The molecule has 1 atom stereocenters. The van der Waals surface area contributed by atoms with Gasteiger partial charge in [0.1, 0.15) is 6.04 Å². The van der Waals surface area contributed by atoms with E-state index < -0.39 is 23.9 Å². The number of imide groups is 1. The predicted molar refractivity (Wildman–Crippen MR) is 52.7 cm³/mol. The maximum Gasteiger partial charge on any atom is 0.325 e. The van der Waals surface area contributed by atoms with E-state index in [1.165, 1.54) is 0 Å². The second-order valence-electron chi connectivity index (χ2n) is 3.97. The lowest BCUT2D eigenvalue weighted by Crippen LogP contribution is -2.48. The Morgan fingerprint density at radius 1 is 1.53 bits per heavy atom. The number of carbonyl (C=O) groups is 3. The maximum absolute atomic E-state index is 11.3. The average molecular weight is 213 g/mol. The van der Waals surface area contributed by atoms with E-state index in [-0.39, 0.29) is 12.5 Å². The topological polar surface area (TPSA) is 92.5 Å². The second kappa shape index (κ2) is 4.29. The van der Waals surface area contributed by atoms with Crippen LogP contribution in [0.3, 0.4) is 0 Å². The number of nitrogens with two attached hydrogens (primary N) is 1. The van der Waals surface area contributed by atoms with Crippen LogP contribution in [0.15, 0.2) is 0 Å². The van der Waals surface area contributed by atoms with E-state index in [2.05, 4.69) is 5.32 Å². The number of carbonyl (C=O) groups excluding carboxylic acids is 3. The van der Waals surface area contributed by atoms with E-state index >= 15 is 0 Å². The summed E-state index contributed by atoms with van der Waals surface area (Å²) in [6, 6.07) is -1.37. The van der Waals surface area contributed by atoms with Gasteiger partial charge in [0.25, 0.3) is 5.91 Å². The van der Waals surface area contributed by atoms with Gasteiger partial charge in [-0.2, -0.15) is 0 Å². The molecule has 1 heterocycles. The van der Waals surface area contributed by atoms with E-state index in [0.29, 0.717) is 6.42 Å². The van der Waals surface area contributed by atoms with Crippen LogP contribution in [0.25, 0.3) is 0 Å². The quantitative estimate of drug-likeness (QED) is 0.613. The van der Waals surface area contributed by atoms with Gasteiger partial charge in [0, 0.05) is 0 Å². The van der Waals surface area contributed by atoms with E-state index in [9.17, 15) is 14.4 Å². The van der Waals surface area contributed by atoms with Gasteiger partial charge in [-0.05, 0) is 12.3 Å². The summed E-state index contributed by atoms with van der Waals surface area (Å²) in [6.07, 6.45) is 0.397. The van der Waals surface area contributed by atoms with E-state index in [0.717, 1.165) is 4.90 Å². The van der Waals surface area contributed by atoms with Gasteiger partial charge in [0.15, 0.2) is 0 Å². The van der Waals surface area contributed by atoms with Crippen molar-refractivity contribution < 1.29 is 14.4 Å². The van der Waals surface area contributed by atoms with Crippen molar-refractivity contribution in [1.82, 2.24) is 10.2 Å². The molecule has 84 valence electrons. The van der Waals surface area contributed by atoms with Crippen LogP contribution in [0.2, 0.25) is 0 Å². The monoisotopic (exact) mass is 213 g/mol. The van der Waals surface area contributed by atoms with Crippen LogP contribution in [-0.4, -0.2) is 35.3 Å². The van der Waals surface area contributed by atoms with Crippen molar-refractivity contribution in [3.05, 3.63) is 0 Å². The molecular weight excluding hydrogens is 198 g/mol. The summed E-state index contributed by atoms with van der Waals surface area (Å²) in [5, 5.41) is 2.36. The molecule has 6 heteroatoms. The first-order valence-electron chi connectivity index (χ1n) is 4.82. The lowest BCUT2D eigenvalue weighted by molar-refractivity contribution is -0.133. The molecule has 0 spiro atoms. The molecule has 0 radical (unpaired) electrons. The zero-order valence-corrected chi connectivity index (χ0v) is 8.82. The minimum absolute atomic E-state index is 0.0549. The summed E-state index contributed by atoms with van der Waals surface area (Å²) >= 11 is 0. The Hall–Kier alpha value is -1.59. The molecule has 0 aromatic rings. The van der Waals surface area contributed by atoms with Crippen LogP contribution in [0.5, 0.6) is 0 Å². The Kier molecular flexibility index (Phi) is 3.28. The van der Waals surface area contributed by atoms with Crippen molar-refractivity contribution in [3.63, 3.8) is 0 Å². The van der Waals surface area contributed by atoms with Crippen molar-refractivity contribution >= 4 is 17.8 Å². The summed E-state index contributed by atoms with van der Waals surface area (Å²) in [4.78, 5) is 34.7. The third kappa shape index (κ3) is 2.45. The SMILES string of the molecule is CC(C)CC(C(N)=O)N1C(=O)CNC1=O. The number of primary amides is 1. The highest BCUT2D eigenvalue weighted by Gasteiger charge is 2.37. The minimum Gasteiger partial charge on any atom is -0.368 e. The molecular formula is C9H15N3O3. The number of nitrogens with one attached hydrogen (secondary N) is 1. The van der Waals surface area contributed by atoms with Gasteiger partial charge >= 0.3 is 6.03 Å². The molecule has 1 fully saturated rings. The fraction of sp³-hybridized carbons (Fsp3) is 0.667. The minimum atomic E-state index is -0.833. The molecule has 0 saturated carbocycles. The molecule has 15 heavy (non-hydrogen) atoms. The molecule has 1 rings (SSSR count). The number of rotatable bonds is 4. The lowest BCUT2D eigenvalue weighted by Gasteiger charge is -2.23. The van der Waals surface area contributed by atoms with Gasteiger partial charge in [-0.3, -0.25) is 14.5 Å². The average Bonchev–Trinajstić information content (AvgIpc) is 2.42. The van der Waals surface area contributed by atoms with Crippen molar-refractivity contribution in [1.29, 1.82) is 0 Å². The smallest absolute Gasteiger partial charge is 0.325 e. The third-order valence-corrected chi connectivity index (χ3v) is 2.21. The molecule has 1 aliphatic heterocycles. The first-order valence-corrected chi connectivity index (χ1v) is 4.82. The molecule has 6 nitrogen and oxygen atoms in total. The summed E-state index contributed by atoms with van der Waals surface area (Å²) in [5.74, 6) is -0.859. The van der Waals surface area contributed by atoms with E-state index in [1.54, 1.807) is 0 Å². The van der Waals surface area contributed by atoms with Crippen LogP contribution >= 0.6 is 0 Å². The second-order valence-corrected chi connectivity index (χ2v) is 3.97. The van der Waals surface area contributed by atoms with Gasteiger partial charge in [-0.1, -0.05) is 13.8 Å². The third-order valence-electron chi connectivity index (χ3n) is 2.21. The highest BCUT2D eigenvalue weighted by Crippen LogP contribution is 2.14. The molecule has 0 bridgehead atoms. The molecule has 1 saturated heterocycles. The van der Waals surface area contributed by atoms with Crippen molar-refractivity contribution in [2.24, 2.45) is 11.7 Å². The van der Waals surface area contributed by atoms with Crippen molar-refractivity contribution in [2.75, 3.05) is 6.54 Å². The molecule has 4 amide bonds. The van der Waals surface area contributed by atoms with Gasteiger partial charge in [0.2, 0.25) is 5.91 Å². The van der Waals surface area contributed by atoms with Crippen molar-refractivity contribution in [2.45, 2.75) is 26.3 Å². The molecule has 0 aliphatic carbocycles. The zero-order chi connectivity index (χ0) is 11.6. The highest BCUT2D eigenvalue weighted by atomic mass is 16.2. The molecule has 0 aromatic carbocycles. The first kappa shape index (κ1) is 11.5. The Morgan fingerprint density at radius 3 is 2.47 bits per heavy atom. The Labute approximate surface area is 87.8 Å². The summed E-state index contributed by atoms with van der Waals surface area (Å²) in [7, 11) is 0. The fourth-order valence-electron chi connectivity index (χ4n) is 1.55. The normalized spacial score (nSPS) is 18.2. The van der Waals surface area contributed by atoms with Gasteiger partial charge in [0.05, 0.1) is 6.54 Å². The van der Waals surface area contributed by atoms with E-state index in [4.69, 9.17) is 5.73 Å². The zero-order valence-electron chi connectivity index (χ0n) is 8.82. The number of nitrogens with zero attached hydrogens (tertiary/aromatic N) is 1. The fourth-order valence-corrected chi connectivity index (χ4v) is 1.55. The molecule has 3 N–H and O–H groups in total. The Bertz CT molecular complexity index is 285. The first-order chi connectivity index (χ1) is 6.93. The molecule has 1 unspecified atom stereocenters. The van der Waals surface area contributed by atoms with Crippen LogP contribution in [0, 0.1) is 5.92 Å². The summed E-state index contributed by atoms with van der Waals surface area (Å²) in [5.41, 5.74) is 5.18. The van der Waals surface area contributed by atoms with E-state index in [1.807, 2.05) is 13.8 Å². The van der Waals surface area contributed by atoms with Crippen LogP contribution in [0.4, 0.5) is 4.79 Å². The highest BCUT2D eigenvalue weighted by molar-refractivity contribution is 6.05. The molecule has 0 aromatic heterocycles. The number of amides is 4. The summed E-state index contributed by atoms with van der Waals surface area (Å²) < 4.78 is 0. The molecule has 1 aliphatic rings. The largest absolute Gasteiger partial charge is 0.368 e. The standard InChI is InChI=1S/C9H15N3O3/c1-5(2)3-6(8(10)14)12-7(13)4-11-9(12)15/h5-6H,3-4H2,1-2H3,(H2,10,14)(H,11,15). The lowest BCUT2D eigenvalue weighted by atomic mass is 10.0. The number of urea groups is 1. The van der Waals surface area contributed by atoms with Crippen LogP contribution < -0.4 is 11.1 Å². The Morgan fingerprint density at radius 2 is 2.13 bits per heavy atom. The maximum atomic E-state index is 11.3.